The molecule has 7 heteroatoms. The highest BCUT2D eigenvalue weighted by atomic mass is 32.2. The molecule has 0 aliphatic carbocycles. The molecule has 6 nitrogen and oxygen atoms in total. The van der Waals surface area contributed by atoms with Crippen LogP contribution in [0.1, 0.15) is 25.6 Å². The third-order valence-electron chi connectivity index (χ3n) is 2.95. The minimum absolute atomic E-state index is 0.815. The lowest BCUT2D eigenvalue weighted by Gasteiger charge is -2.12. The van der Waals surface area contributed by atoms with Crippen LogP contribution in [0.25, 0.3) is 0 Å². The molecule has 1 aromatic heterocycles. The van der Waals surface area contributed by atoms with Crippen molar-refractivity contribution in [1.82, 2.24) is 25.4 Å². The quantitative estimate of drug-likeness (QED) is 0.407. The molecule has 1 rings (SSSR count). The van der Waals surface area contributed by atoms with Crippen LogP contribution in [-0.2, 0) is 13.0 Å². The molecule has 1 heterocycles. The summed E-state index contributed by atoms with van der Waals surface area (Å²) in [6.07, 6.45) is 7.24. The number of nitrogens with one attached hydrogen (secondary N) is 2. The van der Waals surface area contributed by atoms with Crippen LogP contribution >= 0.6 is 11.8 Å². The highest BCUT2D eigenvalue weighted by molar-refractivity contribution is 7.98. The maximum Gasteiger partial charge on any atom is 0.191 e. The number of unbranched alkanes of at least 4 members (excludes halogenated alkanes) is 1. The predicted octanol–water partition coefficient (Wildman–Crippen LogP) is 1.15. The Morgan fingerprint density at radius 2 is 2.15 bits per heavy atom. The standard InChI is InChI=1S/C13H26N6S/c1-4-12-18-17-11-19(12)9-8-16-13(14-2)15-7-5-6-10-20-3/h11H,4-10H2,1-3H3,(H2,14,15,16). The molecule has 0 atom stereocenters. The summed E-state index contributed by atoms with van der Waals surface area (Å²) in [5, 5.41) is 14.6. The van der Waals surface area contributed by atoms with E-state index in [0.717, 1.165) is 37.8 Å². The summed E-state index contributed by atoms with van der Waals surface area (Å²) in [6, 6.07) is 0. The van der Waals surface area contributed by atoms with Gasteiger partial charge in [0.2, 0.25) is 0 Å². The molecule has 114 valence electrons. The van der Waals surface area contributed by atoms with Gasteiger partial charge in [0, 0.05) is 33.1 Å². The first-order chi connectivity index (χ1) is 9.81. The van der Waals surface area contributed by atoms with Gasteiger partial charge in [0.25, 0.3) is 0 Å². The van der Waals surface area contributed by atoms with Crippen molar-refractivity contribution in [2.24, 2.45) is 4.99 Å². The van der Waals surface area contributed by atoms with E-state index in [0.29, 0.717) is 0 Å². The van der Waals surface area contributed by atoms with Crippen molar-refractivity contribution in [2.45, 2.75) is 32.7 Å². The highest BCUT2D eigenvalue weighted by Crippen LogP contribution is 1.97. The Bertz CT molecular complexity index is 390. The van der Waals surface area contributed by atoms with E-state index in [2.05, 4.69) is 43.6 Å². The van der Waals surface area contributed by atoms with E-state index < -0.39 is 0 Å². The SMILES string of the molecule is CCc1nncn1CCNC(=NC)NCCCCSC. The maximum absolute atomic E-state index is 4.22. The molecule has 0 bridgehead atoms. The molecular weight excluding hydrogens is 272 g/mol. The lowest BCUT2D eigenvalue weighted by molar-refractivity contribution is 0.630. The molecule has 0 saturated heterocycles. The third kappa shape index (κ3) is 6.27. The van der Waals surface area contributed by atoms with Gasteiger partial charge in [-0.15, -0.1) is 10.2 Å². The average Bonchev–Trinajstić information content (AvgIpc) is 2.92. The lowest BCUT2D eigenvalue weighted by atomic mass is 10.3. The number of rotatable bonds is 9. The van der Waals surface area contributed by atoms with Gasteiger partial charge < -0.3 is 15.2 Å². The van der Waals surface area contributed by atoms with Crippen LogP contribution in [0.4, 0.5) is 0 Å². The number of aliphatic imine (C=N–C) groups is 1. The van der Waals surface area contributed by atoms with Gasteiger partial charge >= 0.3 is 0 Å². The van der Waals surface area contributed by atoms with Crippen molar-refractivity contribution < 1.29 is 0 Å². The summed E-state index contributed by atoms with van der Waals surface area (Å²) >= 11 is 1.89. The number of guanidine groups is 1. The van der Waals surface area contributed by atoms with Gasteiger partial charge in [0.15, 0.2) is 5.96 Å². The second-order valence-corrected chi connectivity index (χ2v) is 5.41. The van der Waals surface area contributed by atoms with E-state index in [1.165, 1.54) is 18.6 Å². The Labute approximate surface area is 125 Å². The summed E-state index contributed by atoms with van der Waals surface area (Å²) in [4.78, 5) is 4.22. The minimum atomic E-state index is 0.815. The molecule has 20 heavy (non-hydrogen) atoms. The molecule has 0 aliphatic rings. The first-order valence-corrected chi connectivity index (χ1v) is 8.51. The van der Waals surface area contributed by atoms with E-state index in [1.807, 2.05) is 11.8 Å². The second-order valence-electron chi connectivity index (χ2n) is 4.42. The topological polar surface area (TPSA) is 67.1 Å². The normalized spacial score (nSPS) is 11.7. The molecule has 0 spiro atoms. The molecular formula is C13H26N6S. The van der Waals surface area contributed by atoms with Crippen LogP contribution in [0.3, 0.4) is 0 Å². The summed E-state index contributed by atoms with van der Waals surface area (Å²) < 4.78 is 2.07. The van der Waals surface area contributed by atoms with Crippen LogP contribution in [0, 0.1) is 0 Å². The minimum Gasteiger partial charge on any atom is -0.356 e. The van der Waals surface area contributed by atoms with Crippen LogP contribution in [0.5, 0.6) is 0 Å². The second kappa shape index (κ2) is 10.5. The van der Waals surface area contributed by atoms with Gasteiger partial charge in [-0.25, -0.2) is 0 Å². The van der Waals surface area contributed by atoms with Gasteiger partial charge in [0.05, 0.1) is 0 Å². The Kier molecular flexibility index (Phi) is 8.86. The molecule has 0 saturated carbocycles. The molecule has 0 aliphatic heterocycles. The number of nitrogens with zero attached hydrogens (tertiary/aromatic N) is 4. The summed E-state index contributed by atoms with van der Waals surface area (Å²) in [5.74, 6) is 3.10. The molecule has 0 aromatic carbocycles. The van der Waals surface area contributed by atoms with Gasteiger partial charge in [0.1, 0.15) is 12.2 Å². The van der Waals surface area contributed by atoms with E-state index >= 15 is 0 Å². The van der Waals surface area contributed by atoms with Crippen molar-refractivity contribution in [3.63, 3.8) is 0 Å². The monoisotopic (exact) mass is 298 g/mol. The van der Waals surface area contributed by atoms with E-state index in [4.69, 9.17) is 0 Å². The van der Waals surface area contributed by atoms with E-state index in [9.17, 15) is 0 Å². The zero-order valence-corrected chi connectivity index (χ0v) is 13.5. The lowest BCUT2D eigenvalue weighted by Crippen LogP contribution is -2.39. The van der Waals surface area contributed by atoms with Crippen molar-refractivity contribution >= 4 is 17.7 Å². The summed E-state index contributed by atoms with van der Waals surface area (Å²) in [7, 11) is 1.80. The largest absolute Gasteiger partial charge is 0.356 e. The van der Waals surface area contributed by atoms with Crippen molar-refractivity contribution in [3.8, 4) is 0 Å². The van der Waals surface area contributed by atoms with E-state index in [-0.39, 0.29) is 0 Å². The predicted molar refractivity (Wildman–Crippen MR) is 86.4 cm³/mol. The van der Waals surface area contributed by atoms with Crippen LogP contribution in [0.2, 0.25) is 0 Å². The number of aryl methyl sites for hydroxylation is 1. The molecule has 1 aromatic rings. The smallest absolute Gasteiger partial charge is 0.191 e. The van der Waals surface area contributed by atoms with Crippen LogP contribution in [-0.4, -0.2) is 52.9 Å². The third-order valence-corrected chi connectivity index (χ3v) is 3.65. The maximum atomic E-state index is 4.22. The van der Waals surface area contributed by atoms with Crippen LogP contribution in [0.15, 0.2) is 11.3 Å². The Morgan fingerprint density at radius 3 is 2.85 bits per heavy atom. The number of thioether (sulfide) groups is 1. The number of hydrogen-bond donors (Lipinski definition) is 2. The van der Waals surface area contributed by atoms with Crippen molar-refractivity contribution in [3.05, 3.63) is 12.2 Å². The zero-order valence-electron chi connectivity index (χ0n) is 12.7. The molecule has 0 radical (unpaired) electrons. The Morgan fingerprint density at radius 1 is 1.35 bits per heavy atom. The molecule has 0 fully saturated rings. The Hall–Kier alpha value is -1.24. The number of hydrogen-bond acceptors (Lipinski definition) is 4. The zero-order chi connectivity index (χ0) is 14.6. The van der Waals surface area contributed by atoms with Crippen LogP contribution < -0.4 is 10.6 Å². The van der Waals surface area contributed by atoms with Crippen molar-refractivity contribution in [2.75, 3.05) is 32.1 Å². The fraction of sp³-hybridized carbons (Fsp3) is 0.769. The van der Waals surface area contributed by atoms with Gasteiger partial charge in [-0.3, -0.25) is 4.99 Å². The fourth-order valence-corrected chi connectivity index (χ4v) is 2.33. The number of aromatic nitrogens is 3. The fourth-order valence-electron chi connectivity index (χ4n) is 1.83. The summed E-state index contributed by atoms with van der Waals surface area (Å²) in [6.45, 7) is 4.72. The van der Waals surface area contributed by atoms with Gasteiger partial charge in [-0.1, -0.05) is 6.92 Å². The van der Waals surface area contributed by atoms with Crippen molar-refractivity contribution in [1.29, 1.82) is 0 Å². The highest BCUT2D eigenvalue weighted by Gasteiger charge is 2.01. The first-order valence-electron chi connectivity index (χ1n) is 7.12. The first kappa shape index (κ1) is 16.8. The molecule has 2 N–H and O–H groups in total. The van der Waals surface area contributed by atoms with Gasteiger partial charge in [-0.05, 0) is 24.9 Å². The molecule has 0 unspecified atom stereocenters. The summed E-state index contributed by atoms with van der Waals surface area (Å²) in [5.41, 5.74) is 0. The molecule has 0 amide bonds. The Balaban J connectivity index is 2.18. The van der Waals surface area contributed by atoms with E-state index in [1.54, 1.807) is 13.4 Å². The van der Waals surface area contributed by atoms with Gasteiger partial charge in [-0.2, -0.15) is 11.8 Å². The average molecular weight is 298 g/mol.